The summed E-state index contributed by atoms with van der Waals surface area (Å²) in [5.74, 6) is 0.576. The molecular formula is C13H16N2. The molecule has 1 aromatic rings. The molecule has 15 heavy (non-hydrogen) atoms. The topological polar surface area (TPSA) is 49.8 Å². The van der Waals surface area contributed by atoms with Crippen molar-refractivity contribution < 1.29 is 0 Å². The number of hydrogen-bond acceptors (Lipinski definition) is 2. The summed E-state index contributed by atoms with van der Waals surface area (Å²) in [6.07, 6.45) is 6.37. The maximum atomic E-state index is 8.91. The third kappa shape index (κ3) is 1.97. The SMILES string of the molecule is N#Cc1cccc(C2CCCCC2)c1N. The van der Waals surface area contributed by atoms with E-state index in [0.717, 1.165) is 0 Å². The number of nitrogens with two attached hydrogens (primary N) is 1. The first kappa shape index (κ1) is 10.0. The Morgan fingerprint density at radius 3 is 2.60 bits per heavy atom. The number of nitriles is 1. The highest BCUT2D eigenvalue weighted by Crippen LogP contribution is 2.36. The molecule has 2 N–H and O–H groups in total. The predicted octanol–water partition coefficient (Wildman–Crippen LogP) is 3.19. The molecule has 2 heteroatoms. The number of benzene rings is 1. The van der Waals surface area contributed by atoms with Gasteiger partial charge in [0, 0.05) is 0 Å². The van der Waals surface area contributed by atoms with Crippen LogP contribution < -0.4 is 5.73 Å². The molecule has 1 fully saturated rings. The molecule has 0 atom stereocenters. The standard InChI is InChI=1S/C13H16N2/c14-9-11-7-4-8-12(13(11)15)10-5-2-1-3-6-10/h4,7-8,10H,1-3,5-6,15H2. The zero-order chi connectivity index (χ0) is 10.7. The van der Waals surface area contributed by atoms with Gasteiger partial charge in [-0.25, -0.2) is 0 Å². The maximum Gasteiger partial charge on any atom is 0.101 e. The van der Waals surface area contributed by atoms with Gasteiger partial charge < -0.3 is 5.73 Å². The Hall–Kier alpha value is -1.49. The molecule has 1 aliphatic rings. The first-order chi connectivity index (χ1) is 7.33. The molecule has 1 aromatic carbocycles. The molecule has 0 aliphatic heterocycles. The average Bonchev–Trinajstić information content (AvgIpc) is 2.30. The van der Waals surface area contributed by atoms with Crippen molar-refractivity contribution >= 4 is 5.69 Å². The Bertz CT molecular complexity index is 384. The van der Waals surface area contributed by atoms with Crippen molar-refractivity contribution in [3.05, 3.63) is 29.3 Å². The van der Waals surface area contributed by atoms with Crippen molar-refractivity contribution in [3.63, 3.8) is 0 Å². The van der Waals surface area contributed by atoms with E-state index < -0.39 is 0 Å². The molecule has 0 aromatic heterocycles. The van der Waals surface area contributed by atoms with Crippen molar-refractivity contribution in [2.75, 3.05) is 5.73 Å². The molecule has 1 aliphatic carbocycles. The highest BCUT2D eigenvalue weighted by molar-refractivity contribution is 5.60. The Balaban J connectivity index is 2.31. The van der Waals surface area contributed by atoms with Gasteiger partial charge in [-0.3, -0.25) is 0 Å². The van der Waals surface area contributed by atoms with E-state index in [0.29, 0.717) is 17.2 Å². The minimum absolute atomic E-state index is 0.576. The van der Waals surface area contributed by atoms with Crippen LogP contribution in [0.5, 0.6) is 0 Å². The summed E-state index contributed by atoms with van der Waals surface area (Å²) < 4.78 is 0. The zero-order valence-electron chi connectivity index (χ0n) is 8.87. The molecule has 2 rings (SSSR count). The molecule has 0 radical (unpaired) electrons. The Morgan fingerprint density at radius 2 is 1.93 bits per heavy atom. The van der Waals surface area contributed by atoms with Crippen LogP contribution in [0.1, 0.15) is 49.1 Å². The van der Waals surface area contributed by atoms with E-state index >= 15 is 0 Å². The Kier molecular flexibility index (Phi) is 2.91. The minimum atomic E-state index is 0.576. The number of nitrogens with zero attached hydrogens (tertiary/aromatic N) is 1. The molecule has 0 heterocycles. The second kappa shape index (κ2) is 4.35. The van der Waals surface area contributed by atoms with Crippen LogP contribution in [0.2, 0.25) is 0 Å². The second-order valence-electron chi connectivity index (χ2n) is 4.26. The minimum Gasteiger partial charge on any atom is -0.397 e. The van der Waals surface area contributed by atoms with Gasteiger partial charge in [-0.2, -0.15) is 5.26 Å². The number of nitrogen functional groups attached to an aromatic ring is 1. The van der Waals surface area contributed by atoms with Crippen molar-refractivity contribution in [2.45, 2.75) is 38.0 Å². The average molecular weight is 200 g/mol. The lowest BCUT2D eigenvalue weighted by Crippen LogP contribution is -2.08. The van der Waals surface area contributed by atoms with Gasteiger partial charge in [-0.05, 0) is 30.4 Å². The van der Waals surface area contributed by atoms with E-state index in [2.05, 4.69) is 12.1 Å². The fraction of sp³-hybridized carbons (Fsp3) is 0.462. The first-order valence-electron chi connectivity index (χ1n) is 5.61. The third-order valence-electron chi connectivity index (χ3n) is 3.31. The molecule has 0 spiro atoms. The first-order valence-corrected chi connectivity index (χ1v) is 5.61. The maximum absolute atomic E-state index is 8.91. The summed E-state index contributed by atoms with van der Waals surface area (Å²) in [7, 11) is 0. The predicted molar refractivity (Wildman–Crippen MR) is 61.4 cm³/mol. The Morgan fingerprint density at radius 1 is 1.20 bits per heavy atom. The number of para-hydroxylation sites is 1. The largest absolute Gasteiger partial charge is 0.397 e. The summed E-state index contributed by atoms with van der Waals surface area (Å²) in [5.41, 5.74) is 8.51. The molecule has 0 bridgehead atoms. The van der Waals surface area contributed by atoms with Crippen LogP contribution in [0.15, 0.2) is 18.2 Å². The van der Waals surface area contributed by atoms with E-state index in [1.54, 1.807) is 6.07 Å². The highest BCUT2D eigenvalue weighted by atomic mass is 14.6. The van der Waals surface area contributed by atoms with E-state index in [1.807, 2.05) is 6.07 Å². The van der Waals surface area contributed by atoms with E-state index in [4.69, 9.17) is 11.0 Å². The van der Waals surface area contributed by atoms with E-state index in [1.165, 1.54) is 37.7 Å². The summed E-state index contributed by atoms with van der Waals surface area (Å²) in [4.78, 5) is 0. The van der Waals surface area contributed by atoms with Crippen molar-refractivity contribution in [2.24, 2.45) is 0 Å². The van der Waals surface area contributed by atoms with E-state index in [-0.39, 0.29) is 0 Å². The van der Waals surface area contributed by atoms with Crippen LogP contribution >= 0.6 is 0 Å². The lowest BCUT2D eigenvalue weighted by Gasteiger charge is -2.23. The van der Waals surface area contributed by atoms with E-state index in [9.17, 15) is 0 Å². The molecular weight excluding hydrogens is 184 g/mol. The number of anilines is 1. The summed E-state index contributed by atoms with van der Waals surface area (Å²) >= 11 is 0. The van der Waals surface area contributed by atoms with Crippen LogP contribution in [-0.4, -0.2) is 0 Å². The van der Waals surface area contributed by atoms with Crippen LogP contribution in [0.25, 0.3) is 0 Å². The molecule has 2 nitrogen and oxygen atoms in total. The normalized spacial score (nSPS) is 17.3. The molecule has 0 saturated heterocycles. The van der Waals surface area contributed by atoms with Gasteiger partial charge in [-0.15, -0.1) is 0 Å². The molecule has 0 unspecified atom stereocenters. The summed E-state index contributed by atoms with van der Waals surface area (Å²) in [6, 6.07) is 7.96. The smallest absolute Gasteiger partial charge is 0.101 e. The van der Waals surface area contributed by atoms with Gasteiger partial charge in [0.25, 0.3) is 0 Å². The molecule has 1 saturated carbocycles. The van der Waals surface area contributed by atoms with Crippen LogP contribution in [-0.2, 0) is 0 Å². The second-order valence-corrected chi connectivity index (χ2v) is 4.26. The molecule has 0 amide bonds. The van der Waals surface area contributed by atoms with Gasteiger partial charge in [0.1, 0.15) is 6.07 Å². The van der Waals surface area contributed by atoms with Crippen molar-refractivity contribution in [3.8, 4) is 6.07 Å². The van der Waals surface area contributed by atoms with Gasteiger partial charge in [0.15, 0.2) is 0 Å². The lowest BCUT2D eigenvalue weighted by atomic mass is 9.83. The highest BCUT2D eigenvalue weighted by Gasteiger charge is 2.18. The fourth-order valence-corrected chi connectivity index (χ4v) is 2.45. The van der Waals surface area contributed by atoms with Gasteiger partial charge in [-0.1, -0.05) is 31.4 Å². The monoisotopic (exact) mass is 200 g/mol. The quantitative estimate of drug-likeness (QED) is 0.708. The van der Waals surface area contributed by atoms with Gasteiger partial charge in [0.2, 0.25) is 0 Å². The van der Waals surface area contributed by atoms with Crippen molar-refractivity contribution in [1.82, 2.24) is 0 Å². The lowest BCUT2D eigenvalue weighted by molar-refractivity contribution is 0.444. The van der Waals surface area contributed by atoms with Gasteiger partial charge in [0.05, 0.1) is 11.3 Å². The Labute approximate surface area is 90.7 Å². The summed E-state index contributed by atoms with van der Waals surface area (Å²) in [5, 5.41) is 8.91. The van der Waals surface area contributed by atoms with Gasteiger partial charge >= 0.3 is 0 Å². The van der Waals surface area contributed by atoms with Crippen LogP contribution in [0.3, 0.4) is 0 Å². The third-order valence-corrected chi connectivity index (χ3v) is 3.31. The number of rotatable bonds is 1. The zero-order valence-corrected chi connectivity index (χ0v) is 8.87. The summed E-state index contributed by atoms with van der Waals surface area (Å²) in [6.45, 7) is 0. The fourth-order valence-electron chi connectivity index (χ4n) is 2.45. The van der Waals surface area contributed by atoms with Crippen LogP contribution in [0.4, 0.5) is 5.69 Å². The van der Waals surface area contributed by atoms with Crippen LogP contribution in [0, 0.1) is 11.3 Å². The molecule has 78 valence electrons. The van der Waals surface area contributed by atoms with Crippen molar-refractivity contribution in [1.29, 1.82) is 5.26 Å². The number of hydrogen-bond donors (Lipinski definition) is 1.